The predicted octanol–water partition coefficient (Wildman–Crippen LogP) is 1.69. The molecule has 2 rings (SSSR count). The number of nitrogens with one attached hydrogen (secondary N) is 2. The first kappa shape index (κ1) is 12.2. The Bertz CT molecular complexity index is 437. The SMILES string of the molecule is CNc1nc(N)c(C(=O)NC(C)(C)C2CC2)s1. The topological polar surface area (TPSA) is 80.0 Å². The number of carbonyl (C=O) groups excluding carboxylic acids is 1. The third kappa shape index (κ3) is 2.52. The quantitative estimate of drug-likeness (QED) is 0.764. The van der Waals surface area contributed by atoms with Crippen LogP contribution < -0.4 is 16.4 Å². The number of anilines is 2. The molecule has 1 saturated carbocycles. The van der Waals surface area contributed by atoms with E-state index in [1.807, 2.05) is 0 Å². The summed E-state index contributed by atoms with van der Waals surface area (Å²) in [6, 6.07) is 0. The first-order chi connectivity index (χ1) is 7.94. The maximum atomic E-state index is 12.1. The van der Waals surface area contributed by atoms with Crippen molar-refractivity contribution in [3.8, 4) is 0 Å². The Hall–Kier alpha value is -1.30. The van der Waals surface area contributed by atoms with Gasteiger partial charge in [-0.1, -0.05) is 11.3 Å². The highest BCUT2D eigenvalue weighted by Gasteiger charge is 2.39. The van der Waals surface area contributed by atoms with Gasteiger partial charge < -0.3 is 16.4 Å². The van der Waals surface area contributed by atoms with E-state index in [1.165, 1.54) is 24.2 Å². The molecule has 1 aliphatic rings. The molecular weight excluding hydrogens is 236 g/mol. The summed E-state index contributed by atoms with van der Waals surface area (Å²) in [5.74, 6) is 0.756. The lowest BCUT2D eigenvalue weighted by Gasteiger charge is -2.25. The molecule has 1 aromatic rings. The Labute approximate surface area is 105 Å². The number of nitrogen functional groups attached to an aromatic ring is 1. The Kier molecular flexibility index (Phi) is 2.99. The molecule has 0 aliphatic heterocycles. The number of rotatable bonds is 4. The molecule has 1 heterocycles. The van der Waals surface area contributed by atoms with E-state index in [0.29, 0.717) is 21.7 Å². The Morgan fingerprint density at radius 2 is 2.18 bits per heavy atom. The van der Waals surface area contributed by atoms with Crippen LogP contribution in [0.3, 0.4) is 0 Å². The molecule has 1 aromatic heterocycles. The van der Waals surface area contributed by atoms with Gasteiger partial charge in [-0.05, 0) is 32.6 Å². The van der Waals surface area contributed by atoms with Crippen LogP contribution in [0.25, 0.3) is 0 Å². The summed E-state index contributed by atoms with van der Waals surface area (Å²) in [7, 11) is 1.76. The maximum absolute atomic E-state index is 12.1. The molecule has 94 valence electrons. The van der Waals surface area contributed by atoms with Crippen LogP contribution in [-0.2, 0) is 0 Å². The summed E-state index contributed by atoms with van der Waals surface area (Å²) in [5, 5.41) is 6.59. The summed E-state index contributed by atoms with van der Waals surface area (Å²) in [5.41, 5.74) is 5.57. The molecule has 0 unspecified atom stereocenters. The lowest BCUT2D eigenvalue weighted by molar-refractivity contribution is 0.0908. The zero-order valence-corrected chi connectivity index (χ0v) is 11.1. The van der Waals surface area contributed by atoms with Crippen LogP contribution >= 0.6 is 11.3 Å². The number of carbonyl (C=O) groups is 1. The summed E-state index contributed by atoms with van der Waals surface area (Å²) < 4.78 is 0. The van der Waals surface area contributed by atoms with E-state index in [-0.39, 0.29) is 11.4 Å². The van der Waals surface area contributed by atoms with Crippen LogP contribution in [0.2, 0.25) is 0 Å². The van der Waals surface area contributed by atoms with Crippen molar-refractivity contribution in [2.45, 2.75) is 32.2 Å². The van der Waals surface area contributed by atoms with Gasteiger partial charge in [-0.3, -0.25) is 4.79 Å². The molecule has 1 fully saturated rings. The van der Waals surface area contributed by atoms with Crippen molar-refractivity contribution in [2.75, 3.05) is 18.1 Å². The lowest BCUT2D eigenvalue weighted by Crippen LogP contribution is -2.45. The summed E-state index contributed by atoms with van der Waals surface area (Å²) in [6.45, 7) is 4.11. The minimum atomic E-state index is -0.159. The van der Waals surface area contributed by atoms with Crippen molar-refractivity contribution in [3.63, 3.8) is 0 Å². The smallest absolute Gasteiger partial charge is 0.265 e. The zero-order chi connectivity index (χ0) is 12.6. The second-order valence-electron chi connectivity index (χ2n) is 4.93. The van der Waals surface area contributed by atoms with Crippen molar-refractivity contribution >= 4 is 28.2 Å². The average molecular weight is 254 g/mol. The number of hydrogen-bond donors (Lipinski definition) is 3. The molecule has 1 amide bonds. The number of hydrogen-bond acceptors (Lipinski definition) is 5. The third-order valence-corrected chi connectivity index (χ3v) is 4.19. The fourth-order valence-electron chi connectivity index (χ4n) is 1.86. The summed E-state index contributed by atoms with van der Waals surface area (Å²) in [6.07, 6.45) is 2.38. The molecule has 6 heteroatoms. The summed E-state index contributed by atoms with van der Waals surface area (Å²) >= 11 is 1.28. The molecule has 0 spiro atoms. The number of nitrogens with two attached hydrogens (primary N) is 1. The van der Waals surface area contributed by atoms with Crippen molar-refractivity contribution in [1.29, 1.82) is 0 Å². The number of amides is 1. The number of nitrogens with zero attached hydrogens (tertiary/aromatic N) is 1. The van der Waals surface area contributed by atoms with Crippen LogP contribution in [0.4, 0.5) is 10.9 Å². The van der Waals surface area contributed by atoms with E-state index in [0.717, 1.165) is 0 Å². The second kappa shape index (κ2) is 4.18. The molecule has 0 atom stereocenters. The first-order valence-corrected chi connectivity index (χ1v) is 6.52. The average Bonchev–Trinajstić information content (AvgIpc) is 3.02. The number of aromatic nitrogens is 1. The molecular formula is C11H18N4OS. The first-order valence-electron chi connectivity index (χ1n) is 5.70. The normalized spacial score (nSPS) is 15.7. The second-order valence-corrected chi connectivity index (χ2v) is 5.93. The molecule has 0 bridgehead atoms. The van der Waals surface area contributed by atoms with Gasteiger partial charge in [0.05, 0.1) is 0 Å². The van der Waals surface area contributed by atoms with Crippen LogP contribution in [0.15, 0.2) is 0 Å². The van der Waals surface area contributed by atoms with Gasteiger partial charge in [0.2, 0.25) is 0 Å². The van der Waals surface area contributed by atoms with Gasteiger partial charge in [0.15, 0.2) is 5.13 Å². The third-order valence-electron chi connectivity index (χ3n) is 3.11. The highest BCUT2D eigenvalue weighted by atomic mass is 32.1. The maximum Gasteiger partial charge on any atom is 0.265 e. The zero-order valence-electron chi connectivity index (χ0n) is 10.3. The molecule has 1 aliphatic carbocycles. The van der Waals surface area contributed by atoms with Gasteiger partial charge >= 0.3 is 0 Å². The van der Waals surface area contributed by atoms with Crippen LogP contribution in [0, 0.1) is 5.92 Å². The molecule has 4 N–H and O–H groups in total. The highest BCUT2D eigenvalue weighted by Crippen LogP contribution is 2.39. The Balaban J connectivity index is 2.11. The largest absolute Gasteiger partial charge is 0.382 e. The van der Waals surface area contributed by atoms with Crippen LogP contribution in [0.5, 0.6) is 0 Å². The van der Waals surface area contributed by atoms with E-state index in [2.05, 4.69) is 29.5 Å². The molecule has 0 aromatic carbocycles. The van der Waals surface area contributed by atoms with E-state index in [1.54, 1.807) is 7.05 Å². The van der Waals surface area contributed by atoms with E-state index >= 15 is 0 Å². The Morgan fingerprint density at radius 1 is 1.53 bits per heavy atom. The number of thiazole rings is 1. The van der Waals surface area contributed by atoms with Crippen LogP contribution in [-0.4, -0.2) is 23.5 Å². The van der Waals surface area contributed by atoms with Crippen molar-refractivity contribution in [3.05, 3.63) is 4.88 Å². The molecule has 0 radical (unpaired) electrons. The van der Waals surface area contributed by atoms with Gasteiger partial charge in [0.25, 0.3) is 5.91 Å². The van der Waals surface area contributed by atoms with Gasteiger partial charge in [-0.2, -0.15) is 0 Å². The fraction of sp³-hybridized carbons (Fsp3) is 0.636. The predicted molar refractivity (Wildman–Crippen MR) is 70.3 cm³/mol. The van der Waals surface area contributed by atoms with E-state index in [9.17, 15) is 4.79 Å². The molecule has 17 heavy (non-hydrogen) atoms. The van der Waals surface area contributed by atoms with Gasteiger partial charge in [0, 0.05) is 12.6 Å². The minimum absolute atomic E-state index is 0.126. The highest BCUT2D eigenvalue weighted by molar-refractivity contribution is 7.18. The van der Waals surface area contributed by atoms with Gasteiger partial charge in [-0.25, -0.2) is 4.98 Å². The van der Waals surface area contributed by atoms with Crippen molar-refractivity contribution in [1.82, 2.24) is 10.3 Å². The standard InChI is InChI=1S/C11H18N4OS/c1-11(2,6-4-5-6)15-9(16)7-8(12)14-10(13-3)17-7/h6H,4-5,12H2,1-3H3,(H,13,14)(H,15,16). The van der Waals surface area contributed by atoms with Gasteiger partial charge in [0.1, 0.15) is 10.7 Å². The fourth-order valence-corrected chi connectivity index (χ4v) is 2.59. The minimum Gasteiger partial charge on any atom is -0.382 e. The van der Waals surface area contributed by atoms with E-state index in [4.69, 9.17) is 5.73 Å². The lowest BCUT2D eigenvalue weighted by atomic mass is 9.99. The van der Waals surface area contributed by atoms with E-state index < -0.39 is 0 Å². The van der Waals surface area contributed by atoms with Crippen LogP contribution in [0.1, 0.15) is 36.4 Å². The van der Waals surface area contributed by atoms with Gasteiger partial charge in [-0.15, -0.1) is 0 Å². The summed E-state index contributed by atoms with van der Waals surface area (Å²) in [4.78, 5) is 16.6. The molecule has 0 saturated heterocycles. The monoisotopic (exact) mass is 254 g/mol. The Morgan fingerprint density at radius 3 is 2.65 bits per heavy atom. The molecule has 5 nitrogen and oxygen atoms in total. The van der Waals surface area contributed by atoms with Crippen molar-refractivity contribution in [2.24, 2.45) is 5.92 Å². The van der Waals surface area contributed by atoms with Crippen molar-refractivity contribution < 1.29 is 4.79 Å².